The first-order chi connectivity index (χ1) is 8.06. The Bertz CT molecular complexity index is 247. The molecule has 0 spiro atoms. The van der Waals surface area contributed by atoms with Gasteiger partial charge in [0.05, 0.1) is 12.4 Å². The first-order valence-electron chi connectivity index (χ1n) is 6.74. The van der Waals surface area contributed by atoms with Gasteiger partial charge in [-0.15, -0.1) is 0 Å². The molecule has 4 N–H and O–H groups in total. The summed E-state index contributed by atoms with van der Waals surface area (Å²) in [5.41, 5.74) is 5.76. The van der Waals surface area contributed by atoms with Crippen molar-refractivity contribution in [3.8, 4) is 0 Å². The maximum absolute atomic E-state index is 9.17. The molecule has 0 amide bonds. The molecule has 0 bridgehead atoms. The fraction of sp³-hybridized carbons (Fsp3) is 0.923. The van der Waals surface area contributed by atoms with Crippen molar-refractivity contribution in [1.29, 1.82) is 5.41 Å². The number of hydrogen-bond acceptors (Lipinski definition) is 3. The van der Waals surface area contributed by atoms with E-state index in [-0.39, 0.29) is 12.0 Å². The Morgan fingerprint density at radius 3 is 2.35 bits per heavy atom. The Balaban J connectivity index is 2.56. The summed E-state index contributed by atoms with van der Waals surface area (Å²) >= 11 is 0. The monoisotopic (exact) mass is 241 g/mol. The van der Waals surface area contributed by atoms with E-state index in [1.54, 1.807) is 0 Å². The van der Waals surface area contributed by atoms with Gasteiger partial charge in [0.2, 0.25) is 0 Å². The van der Waals surface area contributed by atoms with Crippen LogP contribution >= 0.6 is 0 Å². The molecule has 1 rings (SSSR count). The lowest BCUT2D eigenvalue weighted by Crippen LogP contribution is -2.41. The van der Waals surface area contributed by atoms with E-state index in [9.17, 15) is 0 Å². The lowest BCUT2D eigenvalue weighted by Gasteiger charge is -2.33. The minimum absolute atomic E-state index is 0.215. The minimum atomic E-state index is 0.215. The molecule has 4 heteroatoms. The molecule has 0 atom stereocenters. The van der Waals surface area contributed by atoms with Gasteiger partial charge in [0.25, 0.3) is 0 Å². The molecule has 0 aromatic carbocycles. The van der Waals surface area contributed by atoms with Crippen molar-refractivity contribution < 1.29 is 5.11 Å². The van der Waals surface area contributed by atoms with E-state index >= 15 is 0 Å². The topological polar surface area (TPSA) is 73.3 Å². The zero-order chi connectivity index (χ0) is 12.9. The highest BCUT2D eigenvalue weighted by Crippen LogP contribution is 2.49. The summed E-state index contributed by atoms with van der Waals surface area (Å²) in [7, 11) is 0. The fourth-order valence-corrected chi connectivity index (χ4v) is 2.73. The molecule has 100 valence electrons. The molecule has 1 aliphatic carbocycles. The first kappa shape index (κ1) is 14.5. The molecule has 0 saturated heterocycles. The number of hydrogen-bond donors (Lipinski definition) is 3. The lowest BCUT2D eigenvalue weighted by molar-refractivity contribution is 0.119. The third-order valence-corrected chi connectivity index (χ3v) is 3.91. The molecule has 0 aromatic heterocycles. The highest BCUT2D eigenvalue weighted by molar-refractivity contribution is 5.78. The van der Waals surface area contributed by atoms with Gasteiger partial charge in [-0.1, -0.05) is 13.8 Å². The maximum atomic E-state index is 9.17. The molecule has 1 aliphatic rings. The van der Waals surface area contributed by atoms with Crippen molar-refractivity contribution in [3.05, 3.63) is 0 Å². The summed E-state index contributed by atoms with van der Waals surface area (Å²) in [5, 5.41) is 16.6. The number of nitrogens with one attached hydrogen (secondary N) is 1. The van der Waals surface area contributed by atoms with Crippen molar-refractivity contribution in [1.82, 2.24) is 4.90 Å². The molecular formula is C13H27N3O. The van der Waals surface area contributed by atoms with Crippen molar-refractivity contribution >= 4 is 5.84 Å². The highest BCUT2D eigenvalue weighted by atomic mass is 16.3. The third-order valence-electron chi connectivity index (χ3n) is 3.91. The van der Waals surface area contributed by atoms with Crippen molar-refractivity contribution in [2.75, 3.05) is 19.7 Å². The third kappa shape index (κ3) is 4.28. The van der Waals surface area contributed by atoms with E-state index in [1.165, 1.54) is 12.8 Å². The summed E-state index contributed by atoms with van der Waals surface area (Å²) < 4.78 is 0. The smallest absolute Gasteiger partial charge is 0.0911 e. The second-order valence-corrected chi connectivity index (χ2v) is 5.37. The summed E-state index contributed by atoms with van der Waals surface area (Å²) in [6.07, 6.45) is 5.30. The number of rotatable bonds is 9. The molecule has 0 radical (unpaired) electrons. The Kier molecular flexibility index (Phi) is 5.40. The van der Waals surface area contributed by atoms with Crippen molar-refractivity contribution in [2.45, 2.75) is 52.0 Å². The van der Waals surface area contributed by atoms with Crippen LogP contribution in [0.2, 0.25) is 0 Å². The molecule has 0 aromatic rings. The van der Waals surface area contributed by atoms with E-state index in [0.29, 0.717) is 11.9 Å². The van der Waals surface area contributed by atoms with Gasteiger partial charge in [0.15, 0.2) is 0 Å². The summed E-state index contributed by atoms with van der Waals surface area (Å²) in [5.74, 6) is 0.302. The second kappa shape index (κ2) is 6.36. The summed E-state index contributed by atoms with van der Waals surface area (Å²) in [4.78, 5) is 2.38. The van der Waals surface area contributed by atoms with E-state index in [4.69, 9.17) is 16.2 Å². The minimum Gasteiger partial charge on any atom is -0.395 e. The van der Waals surface area contributed by atoms with Crippen LogP contribution < -0.4 is 5.73 Å². The van der Waals surface area contributed by atoms with Gasteiger partial charge < -0.3 is 10.8 Å². The second-order valence-electron chi connectivity index (χ2n) is 5.37. The fourth-order valence-electron chi connectivity index (χ4n) is 2.73. The van der Waals surface area contributed by atoms with Crippen LogP contribution in [0.4, 0.5) is 0 Å². The van der Waals surface area contributed by atoms with Crippen LogP contribution in [-0.2, 0) is 0 Å². The molecule has 0 aliphatic heterocycles. The van der Waals surface area contributed by atoms with Crippen LogP contribution in [0, 0.1) is 10.8 Å². The molecular weight excluding hydrogens is 214 g/mol. The van der Waals surface area contributed by atoms with Gasteiger partial charge >= 0.3 is 0 Å². The zero-order valence-electron chi connectivity index (χ0n) is 11.2. The van der Waals surface area contributed by atoms with E-state index in [2.05, 4.69) is 18.7 Å². The SMILES string of the molecule is CCC(CC)N(CCO)CC1(CC(=N)N)CC1. The Morgan fingerprint density at radius 1 is 1.41 bits per heavy atom. The average Bonchev–Trinajstić information content (AvgIpc) is 2.98. The highest BCUT2D eigenvalue weighted by Gasteiger charge is 2.44. The largest absolute Gasteiger partial charge is 0.395 e. The first-order valence-corrected chi connectivity index (χ1v) is 6.74. The molecule has 17 heavy (non-hydrogen) atoms. The normalized spacial score (nSPS) is 17.7. The molecule has 1 fully saturated rings. The van der Waals surface area contributed by atoms with Crippen LogP contribution in [0.25, 0.3) is 0 Å². The van der Waals surface area contributed by atoms with Crippen LogP contribution in [0.1, 0.15) is 46.0 Å². The van der Waals surface area contributed by atoms with Gasteiger partial charge in [0.1, 0.15) is 0 Å². The van der Waals surface area contributed by atoms with Crippen molar-refractivity contribution in [3.63, 3.8) is 0 Å². The predicted molar refractivity (Wildman–Crippen MR) is 71.2 cm³/mol. The zero-order valence-corrected chi connectivity index (χ0v) is 11.2. The van der Waals surface area contributed by atoms with E-state index in [0.717, 1.165) is 32.4 Å². The van der Waals surface area contributed by atoms with Crippen LogP contribution in [0.5, 0.6) is 0 Å². The van der Waals surface area contributed by atoms with Gasteiger partial charge in [-0.25, -0.2) is 0 Å². The van der Waals surface area contributed by atoms with Crippen LogP contribution in [-0.4, -0.2) is 41.6 Å². The van der Waals surface area contributed by atoms with E-state index < -0.39 is 0 Å². The molecule has 1 saturated carbocycles. The predicted octanol–water partition coefficient (Wildman–Crippen LogP) is 1.58. The number of nitrogens with zero attached hydrogens (tertiary/aromatic N) is 1. The number of aliphatic hydroxyl groups is 1. The Labute approximate surface area is 105 Å². The maximum Gasteiger partial charge on any atom is 0.0911 e. The van der Waals surface area contributed by atoms with Crippen molar-refractivity contribution in [2.24, 2.45) is 11.1 Å². The van der Waals surface area contributed by atoms with Gasteiger partial charge in [-0.3, -0.25) is 10.3 Å². The molecule has 0 unspecified atom stereocenters. The van der Waals surface area contributed by atoms with E-state index in [1.807, 2.05) is 0 Å². The standard InChI is InChI=1S/C13H27N3O/c1-3-11(4-2)16(7-8-17)10-13(5-6-13)9-12(14)15/h11,17H,3-10H2,1-2H3,(H3,14,15). The number of amidine groups is 1. The molecule has 4 nitrogen and oxygen atoms in total. The average molecular weight is 241 g/mol. The number of nitrogens with two attached hydrogens (primary N) is 1. The lowest BCUT2D eigenvalue weighted by atomic mass is 9.99. The quantitative estimate of drug-likeness (QED) is 0.424. The summed E-state index contributed by atoms with van der Waals surface area (Å²) in [6.45, 7) is 6.34. The molecule has 0 heterocycles. The Hall–Kier alpha value is -0.610. The van der Waals surface area contributed by atoms with Gasteiger partial charge in [0, 0.05) is 25.6 Å². The van der Waals surface area contributed by atoms with Crippen LogP contribution in [0.3, 0.4) is 0 Å². The van der Waals surface area contributed by atoms with Gasteiger partial charge in [-0.2, -0.15) is 0 Å². The number of aliphatic hydroxyl groups excluding tert-OH is 1. The van der Waals surface area contributed by atoms with Gasteiger partial charge in [-0.05, 0) is 31.1 Å². The Morgan fingerprint density at radius 2 is 2.00 bits per heavy atom. The summed E-state index contributed by atoms with van der Waals surface area (Å²) in [6, 6.07) is 0.548. The van der Waals surface area contributed by atoms with Crippen LogP contribution in [0.15, 0.2) is 0 Å².